The Morgan fingerprint density at radius 3 is 2.70 bits per heavy atom. The second kappa shape index (κ2) is 2.82. The largest absolute Gasteiger partial charge is 0.314 e. The van der Waals surface area contributed by atoms with Crippen molar-refractivity contribution < 1.29 is 4.79 Å². The smallest absolute Gasteiger partial charge is 0.227 e. The van der Waals surface area contributed by atoms with Gasteiger partial charge < -0.3 is 5.32 Å². The Morgan fingerprint density at radius 1 is 1.60 bits per heavy atom. The van der Waals surface area contributed by atoms with E-state index in [0.717, 1.165) is 5.84 Å². The zero-order valence-corrected chi connectivity index (χ0v) is 6.35. The average molecular weight is 140 g/mol. The van der Waals surface area contributed by atoms with E-state index in [0.29, 0.717) is 18.9 Å². The first-order valence-corrected chi connectivity index (χ1v) is 3.54. The Labute approximate surface area is 60.5 Å². The molecule has 1 rings (SSSR count). The number of aliphatic imine (C=N–C) groups is 1. The predicted molar refractivity (Wildman–Crippen MR) is 39.9 cm³/mol. The van der Waals surface area contributed by atoms with Crippen LogP contribution in [0, 0.1) is 5.92 Å². The van der Waals surface area contributed by atoms with E-state index in [1.807, 2.05) is 13.8 Å². The van der Waals surface area contributed by atoms with Crippen LogP contribution < -0.4 is 5.32 Å². The molecule has 0 spiro atoms. The van der Waals surface area contributed by atoms with Crippen LogP contribution in [-0.2, 0) is 4.79 Å². The Kier molecular flexibility index (Phi) is 2.04. The summed E-state index contributed by atoms with van der Waals surface area (Å²) in [5.41, 5.74) is 0. The molecule has 0 aromatic carbocycles. The normalized spacial score (nSPS) is 18.7. The van der Waals surface area contributed by atoms with Crippen LogP contribution in [0.2, 0.25) is 0 Å². The number of amidine groups is 1. The van der Waals surface area contributed by atoms with Gasteiger partial charge in [0.25, 0.3) is 0 Å². The molecular formula is C7H12N2O. The maximum atomic E-state index is 10.8. The molecule has 1 N–H and O–H groups in total. The van der Waals surface area contributed by atoms with Gasteiger partial charge >= 0.3 is 0 Å². The standard InChI is InChI=1S/C7H12N2O/c1-5(2)7-8-4-3-6(10)9-7/h5H,3-4H2,1-2H3,(H,8,9,10). The van der Waals surface area contributed by atoms with E-state index in [2.05, 4.69) is 10.3 Å². The van der Waals surface area contributed by atoms with Crippen LogP contribution in [0.1, 0.15) is 20.3 Å². The third-order valence-electron chi connectivity index (χ3n) is 1.44. The first-order chi connectivity index (χ1) is 4.70. The van der Waals surface area contributed by atoms with Crippen LogP contribution in [0.15, 0.2) is 4.99 Å². The van der Waals surface area contributed by atoms with E-state index in [4.69, 9.17) is 0 Å². The maximum Gasteiger partial charge on any atom is 0.227 e. The molecule has 10 heavy (non-hydrogen) atoms. The van der Waals surface area contributed by atoms with Gasteiger partial charge in [-0.3, -0.25) is 9.79 Å². The first kappa shape index (κ1) is 7.25. The molecule has 0 atom stereocenters. The molecule has 3 nitrogen and oxygen atoms in total. The lowest BCUT2D eigenvalue weighted by Gasteiger charge is -2.15. The summed E-state index contributed by atoms with van der Waals surface area (Å²) >= 11 is 0. The highest BCUT2D eigenvalue weighted by Crippen LogP contribution is 1.99. The summed E-state index contributed by atoms with van der Waals surface area (Å²) in [4.78, 5) is 15.0. The molecule has 0 aliphatic carbocycles. The van der Waals surface area contributed by atoms with Crippen molar-refractivity contribution in [1.82, 2.24) is 5.32 Å². The third kappa shape index (κ3) is 1.56. The van der Waals surface area contributed by atoms with Gasteiger partial charge in [0.2, 0.25) is 5.91 Å². The Morgan fingerprint density at radius 2 is 2.30 bits per heavy atom. The van der Waals surface area contributed by atoms with E-state index in [9.17, 15) is 4.79 Å². The molecule has 1 aliphatic heterocycles. The van der Waals surface area contributed by atoms with E-state index in [-0.39, 0.29) is 5.91 Å². The number of hydrogen-bond donors (Lipinski definition) is 1. The topological polar surface area (TPSA) is 41.5 Å². The van der Waals surface area contributed by atoms with Gasteiger partial charge in [-0.1, -0.05) is 13.8 Å². The fourth-order valence-electron chi connectivity index (χ4n) is 0.850. The van der Waals surface area contributed by atoms with Crippen molar-refractivity contribution in [2.24, 2.45) is 10.9 Å². The quantitative estimate of drug-likeness (QED) is 0.568. The third-order valence-corrected chi connectivity index (χ3v) is 1.44. The van der Waals surface area contributed by atoms with Gasteiger partial charge in [-0.05, 0) is 0 Å². The number of carbonyl (C=O) groups excluding carboxylic acids is 1. The Bertz CT molecular complexity index is 172. The predicted octanol–water partition coefficient (Wildman–Crippen LogP) is 0.561. The number of hydrogen-bond acceptors (Lipinski definition) is 2. The molecule has 0 aromatic rings. The minimum atomic E-state index is 0.0960. The van der Waals surface area contributed by atoms with E-state index in [1.54, 1.807) is 0 Å². The van der Waals surface area contributed by atoms with Gasteiger partial charge in [-0.15, -0.1) is 0 Å². The molecule has 0 fully saturated rings. The molecule has 0 radical (unpaired) electrons. The lowest BCUT2D eigenvalue weighted by atomic mass is 10.1. The molecule has 1 amide bonds. The molecule has 1 aliphatic rings. The first-order valence-electron chi connectivity index (χ1n) is 3.54. The lowest BCUT2D eigenvalue weighted by Crippen LogP contribution is -2.37. The minimum absolute atomic E-state index is 0.0960. The second-order valence-electron chi connectivity index (χ2n) is 2.72. The lowest BCUT2D eigenvalue weighted by molar-refractivity contribution is -0.119. The summed E-state index contributed by atoms with van der Waals surface area (Å²) in [6.45, 7) is 4.69. The van der Waals surface area contributed by atoms with Crippen molar-refractivity contribution in [3.05, 3.63) is 0 Å². The van der Waals surface area contributed by atoms with Crippen molar-refractivity contribution in [3.8, 4) is 0 Å². The number of carbonyl (C=O) groups is 1. The van der Waals surface area contributed by atoms with Gasteiger partial charge in [0.05, 0.1) is 0 Å². The number of nitrogens with zero attached hydrogens (tertiary/aromatic N) is 1. The van der Waals surface area contributed by atoms with Crippen molar-refractivity contribution in [2.45, 2.75) is 20.3 Å². The molecule has 56 valence electrons. The SMILES string of the molecule is CC(C)C1=NCCC(=O)N1. The fourth-order valence-corrected chi connectivity index (χ4v) is 0.850. The van der Waals surface area contributed by atoms with Crippen molar-refractivity contribution in [1.29, 1.82) is 0 Å². The number of nitrogens with one attached hydrogen (secondary N) is 1. The summed E-state index contributed by atoms with van der Waals surface area (Å²) < 4.78 is 0. The summed E-state index contributed by atoms with van der Waals surface area (Å²) in [7, 11) is 0. The second-order valence-corrected chi connectivity index (χ2v) is 2.72. The van der Waals surface area contributed by atoms with Gasteiger partial charge in [-0.25, -0.2) is 0 Å². The van der Waals surface area contributed by atoms with Crippen LogP contribution in [0.25, 0.3) is 0 Å². The fraction of sp³-hybridized carbons (Fsp3) is 0.714. The molecule has 1 heterocycles. The molecule has 0 saturated carbocycles. The van der Waals surface area contributed by atoms with Gasteiger partial charge in [-0.2, -0.15) is 0 Å². The van der Waals surface area contributed by atoms with Crippen LogP contribution in [0.4, 0.5) is 0 Å². The van der Waals surface area contributed by atoms with Crippen molar-refractivity contribution in [3.63, 3.8) is 0 Å². The van der Waals surface area contributed by atoms with Gasteiger partial charge in [0.1, 0.15) is 5.84 Å². The zero-order valence-electron chi connectivity index (χ0n) is 6.35. The van der Waals surface area contributed by atoms with Crippen molar-refractivity contribution in [2.75, 3.05) is 6.54 Å². The van der Waals surface area contributed by atoms with Crippen molar-refractivity contribution >= 4 is 11.7 Å². The Hall–Kier alpha value is -0.860. The molecular weight excluding hydrogens is 128 g/mol. The zero-order chi connectivity index (χ0) is 7.56. The van der Waals surface area contributed by atoms with E-state index < -0.39 is 0 Å². The highest BCUT2D eigenvalue weighted by atomic mass is 16.1. The Balaban J connectivity index is 2.60. The highest BCUT2D eigenvalue weighted by Gasteiger charge is 2.13. The average Bonchev–Trinajstić information content (AvgIpc) is 1.88. The van der Waals surface area contributed by atoms with Gasteiger partial charge in [0.15, 0.2) is 0 Å². The summed E-state index contributed by atoms with van der Waals surface area (Å²) in [6, 6.07) is 0. The molecule has 0 aromatic heterocycles. The summed E-state index contributed by atoms with van der Waals surface area (Å²) in [5, 5.41) is 2.73. The van der Waals surface area contributed by atoms with E-state index >= 15 is 0 Å². The molecule has 3 heteroatoms. The monoisotopic (exact) mass is 140 g/mol. The van der Waals surface area contributed by atoms with Crippen LogP contribution in [-0.4, -0.2) is 18.3 Å². The summed E-state index contributed by atoms with van der Waals surface area (Å²) in [5.74, 6) is 1.26. The van der Waals surface area contributed by atoms with Crippen LogP contribution >= 0.6 is 0 Å². The van der Waals surface area contributed by atoms with E-state index in [1.165, 1.54) is 0 Å². The highest BCUT2D eigenvalue weighted by molar-refractivity contribution is 6.00. The molecule has 0 saturated heterocycles. The van der Waals surface area contributed by atoms with Gasteiger partial charge in [0, 0.05) is 18.9 Å². The maximum absolute atomic E-state index is 10.8. The molecule has 0 bridgehead atoms. The summed E-state index contributed by atoms with van der Waals surface area (Å²) in [6.07, 6.45) is 0.538. The molecule has 0 unspecified atom stereocenters. The number of rotatable bonds is 1. The van der Waals surface area contributed by atoms with Crippen LogP contribution in [0.5, 0.6) is 0 Å². The minimum Gasteiger partial charge on any atom is -0.314 e. The van der Waals surface area contributed by atoms with Crippen LogP contribution in [0.3, 0.4) is 0 Å². The number of amides is 1.